The molecule has 0 aliphatic rings. The molecule has 25 heavy (non-hydrogen) atoms. The van der Waals surface area contributed by atoms with E-state index in [0.29, 0.717) is 18.0 Å². The number of nitrogens with one attached hydrogen (secondary N) is 2. The van der Waals surface area contributed by atoms with E-state index >= 15 is 0 Å². The fourth-order valence-corrected chi connectivity index (χ4v) is 2.33. The summed E-state index contributed by atoms with van der Waals surface area (Å²) in [4.78, 5) is 12.1. The van der Waals surface area contributed by atoms with Crippen LogP contribution in [0.4, 0.5) is 5.69 Å². The second-order valence-electron chi connectivity index (χ2n) is 5.29. The second kappa shape index (κ2) is 8.01. The maximum Gasteiger partial charge on any atom is 0.262 e. The SMILES string of the molecule is CCOc1ccc(OCC(=O)Nc2cccc(-c3ccn[nH]3)c2)cc1. The summed E-state index contributed by atoms with van der Waals surface area (Å²) >= 11 is 0. The third-order valence-electron chi connectivity index (χ3n) is 3.46. The number of amides is 1. The van der Waals surface area contributed by atoms with Crippen LogP contribution in [0.15, 0.2) is 60.8 Å². The second-order valence-corrected chi connectivity index (χ2v) is 5.29. The summed E-state index contributed by atoms with van der Waals surface area (Å²) in [5, 5.41) is 9.65. The molecule has 1 heterocycles. The van der Waals surface area contributed by atoms with Crippen molar-refractivity contribution in [2.75, 3.05) is 18.5 Å². The average Bonchev–Trinajstić information content (AvgIpc) is 3.16. The molecule has 0 bridgehead atoms. The predicted molar refractivity (Wildman–Crippen MR) is 95.8 cm³/mol. The van der Waals surface area contributed by atoms with Crippen LogP contribution < -0.4 is 14.8 Å². The van der Waals surface area contributed by atoms with Crippen molar-refractivity contribution in [1.29, 1.82) is 0 Å². The molecule has 0 saturated heterocycles. The van der Waals surface area contributed by atoms with Crippen LogP contribution >= 0.6 is 0 Å². The number of hydrogen-bond acceptors (Lipinski definition) is 4. The number of anilines is 1. The number of benzene rings is 2. The number of aromatic nitrogens is 2. The van der Waals surface area contributed by atoms with Gasteiger partial charge in [-0.1, -0.05) is 12.1 Å². The minimum Gasteiger partial charge on any atom is -0.494 e. The lowest BCUT2D eigenvalue weighted by atomic mass is 10.1. The van der Waals surface area contributed by atoms with Crippen LogP contribution in [0.2, 0.25) is 0 Å². The summed E-state index contributed by atoms with van der Waals surface area (Å²) in [7, 11) is 0. The minimum atomic E-state index is -0.226. The molecular weight excluding hydrogens is 318 g/mol. The number of carbonyl (C=O) groups excluding carboxylic acids is 1. The molecule has 0 spiro atoms. The summed E-state index contributed by atoms with van der Waals surface area (Å²) in [6.45, 7) is 2.47. The molecule has 0 aliphatic carbocycles. The number of hydrogen-bond donors (Lipinski definition) is 2. The Hall–Kier alpha value is -3.28. The van der Waals surface area contributed by atoms with Crippen molar-refractivity contribution in [3.8, 4) is 22.8 Å². The molecule has 6 nitrogen and oxygen atoms in total. The Kier molecular flexibility index (Phi) is 5.31. The standard InChI is InChI=1S/C19H19N3O3/c1-2-24-16-6-8-17(9-7-16)25-13-19(23)21-15-5-3-4-14(12-15)18-10-11-20-22-18/h3-12H,2,13H2,1H3,(H,20,22)(H,21,23). The molecule has 0 saturated carbocycles. The van der Waals surface area contributed by atoms with E-state index in [9.17, 15) is 4.79 Å². The van der Waals surface area contributed by atoms with Gasteiger partial charge in [0.05, 0.1) is 12.3 Å². The van der Waals surface area contributed by atoms with Crippen molar-refractivity contribution in [1.82, 2.24) is 10.2 Å². The molecule has 128 valence electrons. The van der Waals surface area contributed by atoms with E-state index in [1.807, 2.05) is 49.4 Å². The normalized spacial score (nSPS) is 10.3. The number of nitrogens with zero attached hydrogens (tertiary/aromatic N) is 1. The summed E-state index contributed by atoms with van der Waals surface area (Å²) in [6, 6.07) is 16.6. The average molecular weight is 337 g/mol. The van der Waals surface area contributed by atoms with Crippen molar-refractivity contribution in [3.05, 3.63) is 60.8 Å². The van der Waals surface area contributed by atoms with E-state index in [4.69, 9.17) is 9.47 Å². The van der Waals surface area contributed by atoms with E-state index in [1.165, 1.54) is 0 Å². The molecule has 3 rings (SSSR count). The van der Waals surface area contributed by atoms with Crippen molar-refractivity contribution in [2.45, 2.75) is 6.92 Å². The van der Waals surface area contributed by atoms with Gasteiger partial charge in [0, 0.05) is 17.4 Å². The Labute approximate surface area is 145 Å². The lowest BCUT2D eigenvalue weighted by Crippen LogP contribution is -2.20. The lowest BCUT2D eigenvalue weighted by Gasteiger charge is -2.09. The van der Waals surface area contributed by atoms with Gasteiger partial charge in [0.25, 0.3) is 5.91 Å². The number of H-pyrrole nitrogens is 1. The molecule has 3 aromatic rings. The summed E-state index contributed by atoms with van der Waals surface area (Å²) in [6.07, 6.45) is 1.69. The van der Waals surface area contributed by atoms with Gasteiger partial charge in [-0.3, -0.25) is 9.89 Å². The van der Waals surface area contributed by atoms with Gasteiger partial charge in [0.2, 0.25) is 0 Å². The zero-order valence-corrected chi connectivity index (χ0v) is 13.9. The molecule has 1 amide bonds. The first kappa shape index (κ1) is 16.6. The molecule has 2 N–H and O–H groups in total. The highest BCUT2D eigenvalue weighted by Gasteiger charge is 2.06. The lowest BCUT2D eigenvalue weighted by molar-refractivity contribution is -0.118. The van der Waals surface area contributed by atoms with Gasteiger partial charge in [-0.25, -0.2) is 0 Å². The first-order valence-corrected chi connectivity index (χ1v) is 8.00. The molecule has 0 radical (unpaired) electrons. The topological polar surface area (TPSA) is 76.2 Å². The van der Waals surface area contributed by atoms with Crippen molar-refractivity contribution >= 4 is 11.6 Å². The molecule has 0 atom stereocenters. The van der Waals surface area contributed by atoms with Gasteiger partial charge in [-0.15, -0.1) is 0 Å². The van der Waals surface area contributed by atoms with E-state index in [-0.39, 0.29) is 12.5 Å². The molecule has 6 heteroatoms. The molecular formula is C19H19N3O3. The first-order chi connectivity index (χ1) is 12.2. The highest BCUT2D eigenvalue weighted by molar-refractivity contribution is 5.92. The highest BCUT2D eigenvalue weighted by Crippen LogP contribution is 2.20. The number of rotatable bonds is 7. The number of aromatic amines is 1. The Balaban J connectivity index is 1.55. The number of ether oxygens (including phenoxy) is 2. The van der Waals surface area contributed by atoms with Crippen LogP contribution in [-0.4, -0.2) is 29.3 Å². The van der Waals surface area contributed by atoms with Crippen LogP contribution in [0.1, 0.15) is 6.92 Å². The quantitative estimate of drug-likeness (QED) is 0.692. The van der Waals surface area contributed by atoms with Crippen LogP contribution in [0, 0.1) is 0 Å². The Morgan fingerprint density at radius 1 is 1.08 bits per heavy atom. The molecule has 0 fully saturated rings. The van der Waals surface area contributed by atoms with E-state index in [0.717, 1.165) is 17.0 Å². The van der Waals surface area contributed by atoms with Crippen molar-refractivity contribution in [3.63, 3.8) is 0 Å². The van der Waals surface area contributed by atoms with Crippen LogP contribution in [0.25, 0.3) is 11.3 Å². The van der Waals surface area contributed by atoms with Crippen LogP contribution in [0.3, 0.4) is 0 Å². The minimum absolute atomic E-state index is 0.0672. The van der Waals surface area contributed by atoms with Crippen molar-refractivity contribution < 1.29 is 14.3 Å². The van der Waals surface area contributed by atoms with E-state index < -0.39 is 0 Å². The monoisotopic (exact) mass is 337 g/mol. The molecule has 0 unspecified atom stereocenters. The van der Waals surface area contributed by atoms with Gasteiger partial charge >= 0.3 is 0 Å². The summed E-state index contributed by atoms with van der Waals surface area (Å²) < 4.78 is 10.9. The maximum atomic E-state index is 12.1. The van der Waals surface area contributed by atoms with Gasteiger partial charge in [0.1, 0.15) is 11.5 Å². The summed E-state index contributed by atoms with van der Waals surface area (Å²) in [5.74, 6) is 1.16. The number of carbonyl (C=O) groups is 1. The van der Waals surface area contributed by atoms with Gasteiger partial charge in [-0.2, -0.15) is 5.10 Å². The van der Waals surface area contributed by atoms with Gasteiger partial charge in [0.15, 0.2) is 6.61 Å². The van der Waals surface area contributed by atoms with Crippen molar-refractivity contribution in [2.24, 2.45) is 0 Å². The zero-order chi connectivity index (χ0) is 17.5. The first-order valence-electron chi connectivity index (χ1n) is 8.00. The Bertz CT molecular complexity index is 814. The predicted octanol–water partition coefficient (Wildman–Crippen LogP) is 3.49. The van der Waals surface area contributed by atoms with E-state index in [2.05, 4.69) is 15.5 Å². The van der Waals surface area contributed by atoms with Gasteiger partial charge in [-0.05, 0) is 49.4 Å². The third-order valence-corrected chi connectivity index (χ3v) is 3.46. The molecule has 2 aromatic carbocycles. The highest BCUT2D eigenvalue weighted by atomic mass is 16.5. The summed E-state index contributed by atoms with van der Waals surface area (Å²) in [5.41, 5.74) is 2.54. The molecule has 0 aliphatic heterocycles. The smallest absolute Gasteiger partial charge is 0.262 e. The third kappa shape index (κ3) is 4.60. The molecule has 1 aromatic heterocycles. The largest absolute Gasteiger partial charge is 0.494 e. The van der Waals surface area contributed by atoms with Gasteiger partial charge < -0.3 is 14.8 Å². The zero-order valence-electron chi connectivity index (χ0n) is 13.9. The Morgan fingerprint density at radius 2 is 1.84 bits per heavy atom. The fraction of sp³-hybridized carbons (Fsp3) is 0.158. The Morgan fingerprint density at radius 3 is 2.52 bits per heavy atom. The maximum absolute atomic E-state index is 12.1. The van der Waals surface area contributed by atoms with Crippen LogP contribution in [0.5, 0.6) is 11.5 Å². The van der Waals surface area contributed by atoms with E-state index in [1.54, 1.807) is 18.3 Å². The van der Waals surface area contributed by atoms with Crippen LogP contribution in [-0.2, 0) is 4.79 Å². The fourth-order valence-electron chi connectivity index (χ4n) is 2.33.